The van der Waals surface area contributed by atoms with E-state index in [-0.39, 0.29) is 5.75 Å². The summed E-state index contributed by atoms with van der Waals surface area (Å²) in [5, 5.41) is 10.4. The highest BCUT2D eigenvalue weighted by Crippen LogP contribution is 2.28. The molecule has 0 fully saturated rings. The fourth-order valence-corrected chi connectivity index (χ4v) is 2.13. The number of halogens is 1. The van der Waals surface area contributed by atoms with Gasteiger partial charge in [-0.1, -0.05) is 29.8 Å². The van der Waals surface area contributed by atoms with Crippen LogP contribution in [-0.2, 0) is 6.54 Å². The Morgan fingerprint density at radius 2 is 1.89 bits per heavy atom. The minimum absolute atomic E-state index is 0.238. The molecule has 0 aliphatic heterocycles. The van der Waals surface area contributed by atoms with Crippen molar-refractivity contribution >= 4 is 17.3 Å². The third-order valence-electron chi connectivity index (χ3n) is 2.93. The summed E-state index contributed by atoms with van der Waals surface area (Å²) in [5.74, 6) is 0.238. The summed E-state index contributed by atoms with van der Waals surface area (Å²) in [4.78, 5) is 2.06. The number of phenolic OH excluding ortho intramolecular Hbond substituents is 1. The van der Waals surface area contributed by atoms with Gasteiger partial charge >= 0.3 is 0 Å². The molecule has 0 unspecified atom stereocenters. The molecule has 3 heteroatoms. The molecule has 0 atom stereocenters. The van der Waals surface area contributed by atoms with Crippen LogP contribution < -0.4 is 4.90 Å². The Balaban J connectivity index is 2.24. The van der Waals surface area contributed by atoms with Crippen LogP contribution in [0.15, 0.2) is 42.5 Å². The number of aryl methyl sites for hydroxylation is 1. The van der Waals surface area contributed by atoms with Crippen LogP contribution in [0.4, 0.5) is 5.69 Å². The van der Waals surface area contributed by atoms with Crippen molar-refractivity contribution < 1.29 is 5.11 Å². The van der Waals surface area contributed by atoms with Gasteiger partial charge in [0.15, 0.2) is 0 Å². The van der Waals surface area contributed by atoms with Crippen LogP contribution in [0.1, 0.15) is 11.1 Å². The van der Waals surface area contributed by atoms with Gasteiger partial charge < -0.3 is 10.0 Å². The molecular weight excluding hydrogens is 246 g/mol. The van der Waals surface area contributed by atoms with E-state index in [9.17, 15) is 5.11 Å². The summed E-state index contributed by atoms with van der Waals surface area (Å²) in [6.45, 7) is 2.64. The normalized spacial score (nSPS) is 10.4. The monoisotopic (exact) mass is 261 g/mol. The second kappa shape index (κ2) is 5.32. The second-order valence-electron chi connectivity index (χ2n) is 4.43. The van der Waals surface area contributed by atoms with E-state index in [0.717, 1.165) is 11.3 Å². The Morgan fingerprint density at radius 1 is 1.17 bits per heavy atom. The van der Waals surface area contributed by atoms with E-state index in [0.29, 0.717) is 11.6 Å². The van der Waals surface area contributed by atoms with Gasteiger partial charge in [0.2, 0.25) is 0 Å². The minimum atomic E-state index is 0.238. The molecule has 2 aromatic rings. The molecule has 0 bridgehead atoms. The van der Waals surface area contributed by atoms with Crippen LogP contribution in [-0.4, -0.2) is 12.2 Å². The smallest absolute Gasteiger partial charge is 0.122 e. The van der Waals surface area contributed by atoms with Crippen LogP contribution in [0.2, 0.25) is 5.02 Å². The van der Waals surface area contributed by atoms with Crippen molar-refractivity contribution in [2.75, 3.05) is 11.9 Å². The first-order chi connectivity index (χ1) is 8.58. The quantitative estimate of drug-likeness (QED) is 0.903. The maximum absolute atomic E-state index is 9.83. The molecular formula is C15H16ClNO. The van der Waals surface area contributed by atoms with Crippen LogP contribution in [0.25, 0.3) is 0 Å². The fraction of sp³-hybridized carbons (Fsp3) is 0.200. The molecule has 0 amide bonds. The summed E-state index contributed by atoms with van der Waals surface area (Å²) in [6, 6.07) is 13.4. The standard InChI is InChI=1S/C15H16ClNO/c1-11-5-3-6-12(9-11)17(2)10-13-14(16)7-4-8-15(13)18/h3-9,18H,10H2,1-2H3. The number of aromatic hydroxyl groups is 1. The fourth-order valence-electron chi connectivity index (χ4n) is 1.90. The molecule has 0 saturated heterocycles. The molecule has 0 heterocycles. The Labute approximate surface area is 112 Å². The highest BCUT2D eigenvalue weighted by molar-refractivity contribution is 6.31. The Bertz CT molecular complexity index is 534. The van der Waals surface area contributed by atoms with Crippen LogP contribution in [0, 0.1) is 6.92 Å². The first-order valence-corrected chi connectivity index (χ1v) is 6.20. The molecule has 2 aromatic carbocycles. The highest BCUT2D eigenvalue weighted by atomic mass is 35.5. The predicted molar refractivity (Wildman–Crippen MR) is 76.4 cm³/mol. The molecule has 0 aromatic heterocycles. The van der Waals surface area contributed by atoms with Gasteiger partial charge in [0, 0.05) is 29.9 Å². The van der Waals surface area contributed by atoms with E-state index in [2.05, 4.69) is 24.0 Å². The number of phenols is 1. The van der Waals surface area contributed by atoms with E-state index >= 15 is 0 Å². The van der Waals surface area contributed by atoms with Gasteiger partial charge in [-0.15, -0.1) is 0 Å². The van der Waals surface area contributed by atoms with Gasteiger partial charge in [-0.3, -0.25) is 0 Å². The van der Waals surface area contributed by atoms with Crippen molar-refractivity contribution in [2.45, 2.75) is 13.5 Å². The summed E-state index contributed by atoms with van der Waals surface area (Å²) < 4.78 is 0. The van der Waals surface area contributed by atoms with Gasteiger partial charge in [-0.25, -0.2) is 0 Å². The zero-order chi connectivity index (χ0) is 13.1. The highest BCUT2D eigenvalue weighted by Gasteiger charge is 2.09. The van der Waals surface area contributed by atoms with Gasteiger partial charge in [-0.05, 0) is 36.8 Å². The largest absolute Gasteiger partial charge is 0.508 e. The zero-order valence-electron chi connectivity index (χ0n) is 10.5. The molecule has 0 spiro atoms. The summed E-state index contributed by atoms with van der Waals surface area (Å²) in [6.07, 6.45) is 0. The third kappa shape index (κ3) is 2.77. The van der Waals surface area contributed by atoms with Crippen molar-refractivity contribution in [1.29, 1.82) is 0 Å². The van der Waals surface area contributed by atoms with E-state index in [4.69, 9.17) is 11.6 Å². The lowest BCUT2D eigenvalue weighted by molar-refractivity contribution is 0.468. The molecule has 1 N–H and O–H groups in total. The van der Waals surface area contributed by atoms with Gasteiger partial charge in [0.1, 0.15) is 5.75 Å². The Hall–Kier alpha value is -1.67. The van der Waals surface area contributed by atoms with E-state index in [1.165, 1.54) is 5.56 Å². The third-order valence-corrected chi connectivity index (χ3v) is 3.29. The first kappa shape index (κ1) is 12.8. The van der Waals surface area contributed by atoms with E-state index < -0.39 is 0 Å². The molecule has 0 radical (unpaired) electrons. The average Bonchev–Trinajstić information content (AvgIpc) is 2.34. The van der Waals surface area contributed by atoms with Crippen LogP contribution in [0.5, 0.6) is 5.75 Å². The Morgan fingerprint density at radius 3 is 2.56 bits per heavy atom. The average molecular weight is 262 g/mol. The van der Waals surface area contributed by atoms with Crippen molar-refractivity contribution in [3.8, 4) is 5.75 Å². The predicted octanol–water partition coefficient (Wildman–Crippen LogP) is 3.99. The molecule has 94 valence electrons. The van der Waals surface area contributed by atoms with Crippen molar-refractivity contribution in [2.24, 2.45) is 0 Å². The Kier molecular flexibility index (Phi) is 3.78. The molecule has 2 nitrogen and oxygen atoms in total. The van der Waals surface area contributed by atoms with Crippen LogP contribution in [0.3, 0.4) is 0 Å². The van der Waals surface area contributed by atoms with Gasteiger partial charge in [0.05, 0.1) is 0 Å². The van der Waals surface area contributed by atoms with Crippen molar-refractivity contribution in [1.82, 2.24) is 0 Å². The number of nitrogens with zero attached hydrogens (tertiary/aromatic N) is 1. The van der Waals surface area contributed by atoms with E-state index in [1.807, 2.05) is 19.2 Å². The zero-order valence-corrected chi connectivity index (χ0v) is 11.3. The number of anilines is 1. The lowest BCUT2D eigenvalue weighted by Crippen LogP contribution is -2.16. The topological polar surface area (TPSA) is 23.5 Å². The second-order valence-corrected chi connectivity index (χ2v) is 4.84. The lowest BCUT2D eigenvalue weighted by atomic mass is 10.1. The molecule has 0 aliphatic rings. The lowest BCUT2D eigenvalue weighted by Gasteiger charge is -2.21. The van der Waals surface area contributed by atoms with Gasteiger partial charge in [-0.2, -0.15) is 0 Å². The van der Waals surface area contributed by atoms with Gasteiger partial charge in [0.25, 0.3) is 0 Å². The summed E-state index contributed by atoms with van der Waals surface area (Å²) in [7, 11) is 1.98. The maximum atomic E-state index is 9.83. The molecule has 2 rings (SSSR count). The van der Waals surface area contributed by atoms with Crippen molar-refractivity contribution in [3.63, 3.8) is 0 Å². The van der Waals surface area contributed by atoms with Crippen molar-refractivity contribution in [3.05, 3.63) is 58.6 Å². The van der Waals surface area contributed by atoms with Crippen LogP contribution >= 0.6 is 11.6 Å². The number of hydrogen-bond donors (Lipinski definition) is 1. The number of benzene rings is 2. The molecule has 18 heavy (non-hydrogen) atoms. The molecule has 0 saturated carbocycles. The number of hydrogen-bond acceptors (Lipinski definition) is 2. The van der Waals surface area contributed by atoms with E-state index in [1.54, 1.807) is 18.2 Å². The number of rotatable bonds is 3. The summed E-state index contributed by atoms with van der Waals surface area (Å²) in [5.41, 5.74) is 3.07. The summed E-state index contributed by atoms with van der Waals surface area (Å²) >= 11 is 6.11. The molecule has 0 aliphatic carbocycles. The SMILES string of the molecule is Cc1cccc(N(C)Cc2c(O)cccc2Cl)c1. The first-order valence-electron chi connectivity index (χ1n) is 5.82. The maximum Gasteiger partial charge on any atom is 0.122 e. The minimum Gasteiger partial charge on any atom is -0.508 e.